The third kappa shape index (κ3) is 3.86. The number of carboxylic acid groups (broad SMARTS) is 1. The molecule has 0 aliphatic carbocycles. The lowest BCUT2D eigenvalue weighted by Crippen LogP contribution is -2.30. The van der Waals surface area contributed by atoms with Crippen LogP contribution in [0.2, 0.25) is 0 Å². The molecule has 0 aliphatic heterocycles. The van der Waals surface area contributed by atoms with E-state index in [4.69, 9.17) is 14.6 Å². The van der Waals surface area contributed by atoms with Crippen molar-refractivity contribution in [3.8, 4) is 11.5 Å². The van der Waals surface area contributed by atoms with Gasteiger partial charge in [0.05, 0.1) is 18.6 Å². The van der Waals surface area contributed by atoms with Crippen molar-refractivity contribution < 1.29 is 24.5 Å². The van der Waals surface area contributed by atoms with Crippen molar-refractivity contribution in [3.05, 3.63) is 23.8 Å². The van der Waals surface area contributed by atoms with E-state index in [0.717, 1.165) is 0 Å². The van der Waals surface area contributed by atoms with Crippen molar-refractivity contribution in [2.24, 2.45) is 5.41 Å². The van der Waals surface area contributed by atoms with Crippen LogP contribution in [0.15, 0.2) is 18.2 Å². The normalized spacial score (nSPS) is 12.9. The van der Waals surface area contributed by atoms with Crippen LogP contribution < -0.4 is 9.47 Å². The van der Waals surface area contributed by atoms with Crippen LogP contribution in [0, 0.1) is 5.41 Å². The highest BCUT2D eigenvalue weighted by atomic mass is 16.5. The predicted molar refractivity (Wildman–Crippen MR) is 70.5 cm³/mol. The Kier molecular flexibility index (Phi) is 4.78. The molecule has 0 fully saturated rings. The van der Waals surface area contributed by atoms with E-state index in [1.54, 1.807) is 39.0 Å². The number of methoxy groups -OCH3 is 1. The maximum Gasteiger partial charge on any atom is 0.312 e. The first kappa shape index (κ1) is 15.3. The molecule has 0 amide bonds. The van der Waals surface area contributed by atoms with E-state index in [0.29, 0.717) is 17.1 Å². The molecule has 0 saturated heterocycles. The molecular formula is C14H20O5. The third-order valence-corrected chi connectivity index (χ3v) is 2.84. The number of hydrogen-bond donors (Lipinski definition) is 2. The van der Waals surface area contributed by atoms with Crippen molar-refractivity contribution >= 4 is 5.97 Å². The highest BCUT2D eigenvalue weighted by molar-refractivity contribution is 5.73. The zero-order chi connectivity index (χ0) is 14.6. The molecule has 1 atom stereocenters. The number of aliphatic carboxylic acids is 1. The van der Waals surface area contributed by atoms with Crippen LogP contribution in [-0.2, 0) is 4.79 Å². The van der Waals surface area contributed by atoms with Gasteiger partial charge in [-0.3, -0.25) is 4.79 Å². The standard InChI is InChI=1S/C14H20O5/c1-9(15)11-6-5-10(18-4)7-12(11)19-8-14(2,3)13(16)17/h5-7,9,15H,8H2,1-4H3,(H,16,17)/t9-/m0/s1. The van der Waals surface area contributed by atoms with Crippen LogP contribution in [-0.4, -0.2) is 29.9 Å². The van der Waals surface area contributed by atoms with Crippen molar-refractivity contribution in [1.82, 2.24) is 0 Å². The number of aliphatic hydroxyl groups excluding tert-OH is 1. The minimum Gasteiger partial charge on any atom is -0.497 e. The summed E-state index contributed by atoms with van der Waals surface area (Å²) >= 11 is 0. The molecule has 1 aromatic carbocycles. The molecule has 0 aliphatic rings. The summed E-state index contributed by atoms with van der Waals surface area (Å²) in [4.78, 5) is 11.0. The van der Waals surface area contributed by atoms with Crippen LogP contribution in [0.4, 0.5) is 0 Å². The highest BCUT2D eigenvalue weighted by Crippen LogP contribution is 2.30. The van der Waals surface area contributed by atoms with Crippen LogP contribution in [0.3, 0.4) is 0 Å². The van der Waals surface area contributed by atoms with Gasteiger partial charge in [-0.05, 0) is 32.9 Å². The first-order chi connectivity index (χ1) is 8.77. The molecular weight excluding hydrogens is 248 g/mol. The van der Waals surface area contributed by atoms with Crippen LogP contribution >= 0.6 is 0 Å². The van der Waals surface area contributed by atoms with Crippen molar-refractivity contribution in [1.29, 1.82) is 0 Å². The Morgan fingerprint density at radius 3 is 2.53 bits per heavy atom. The SMILES string of the molecule is COc1ccc([C@H](C)O)c(OCC(C)(C)C(=O)O)c1. The summed E-state index contributed by atoms with van der Waals surface area (Å²) in [6.45, 7) is 4.79. The van der Waals surface area contributed by atoms with Gasteiger partial charge < -0.3 is 19.7 Å². The van der Waals surface area contributed by atoms with E-state index < -0.39 is 17.5 Å². The summed E-state index contributed by atoms with van der Waals surface area (Å²) in [5.74, 6) is 0.0881. The number of rotatable bonds is 6. The largest absolute Gasteiger partial charge is 0.497 e. The summed E-state index contributed by atoms with van der Waals surface area (Å²) in [5.41, 5.74) is -0.402. The maximum absolute atomic E-state index is 11.0. The summed E-state index contributed by atoms with van der Waals surface area (Å²) in [6, 6.07) is 5.06. The van der Waals surface area contributed by atoms with Gasteiger partial charge in [0.2, 0.25) is 0 Å². The quantitative estimate of drug-likeness (QED) is 0.827. The highest BCUT2D eigenvalue weighted by Gasteiger charge is 2.28. The van der Waals surface area contributed by atoms with Gasteiger partial charge in [0.1, 0.15) is 18.1 Å². The Balaban J connectivity index is 2.95. The van der Waals surface area contributed by atoms with E-state index in [-0.39, 0.29) is 6.61 Å². The lowest BCUT2D eigenvalue weighted by molar-refractivity contribution is -0.148. The number of ether oxygens (including phenoxy) is 2. The molecule has 1 rings (SSSR count). The van der Waals surface area contributed by atoms with Crippen LogP contribution in [0.1, 0.15) is 32.4 Å². The van der Waals surface area contributed by atoms with E-state index >= 15 is 0 Å². The van der Waals surface area contributed by atoms with Gasteiger partial charge in [0, 0.05) is 11.6 Å². The zero-order valence-corrected chi connectivity index (χ0v) is 11.6. The van der Waals surface area contributed by atoms with Gasteiger partial charge in [-0.1, -0.05) is 0 Å². The summed E-state index contributed by atoms with van der Waals surface area (Å²) in [6.07, 6.45) is -0.700. The Morgan fingerprint density at radius 2 is 2.05 bits per heavy atom. The van der Waals surface area contributed by atoms with E-state index in [2.05, 4.69) is 0 Å². The van der Waals surface area contributed by atoms with Crippen LogP contribution in [0.5, 0.6) is 11.5 Å². The molecule has 1 aromatic rings. The van der Waals surface area contributed by atoms with Gasteiger partial charge in [-0.2, -0.15) is 0 Å². The lowest BCUT2D eigenvalue weighted by Gasteiger charge is -2.21. The van der Waals surface area contributed by atoms with Crippen molar-refractivity contribution in [2.45, 2.75) is 26.9 Å². The Morgan fingerprint density at radius 1 is 1.42 bits per heavy atom. The summed E-state index contributed by atoms with van der Waals surface area (Å²) < 4.78 is 10.6. The van der Waals surface area contributed by atoms with Gasteiger partial charge in [-0.25, -0.2) is 0 Å². The molecule has 0 spiro atoms. The van der Waals surface area contributed by atoms with Crippen LogP contribution in [0.25, 0.3) is 0 Å². The molecule has 19 heavy (non-hydrogen) atoms. The predicted octanol–water partition coefficient (Wildman–Crippen LogP) is 2.24. The Bertz CT molecular complexity index is 451. The average molecular weight is 268 g/mol. The van der Waals surface area contributed by atoms with Gasteiger partial charge in [-0.15, -0.1) is 0 Å². The zero-order valence-electron chi connectivity index (χ0n) is 11.6. The molecule has 0 bridgehead atoms. The minimum absolute atomic E-state index is 0.00915. The molecule has 2 N–H and O–H groups in total. The topological polar surface area (TPSA) is 76.0 Å². The maximum atomic E-state index is 11.0. The number of hydrogen-bond acceptors (Lipinski definition) is 4. The Hall–Kier alpha value is -1.75. The monoisotopic (exact) mass is 268 g/mol. The minimum atomic E-state index is -1.00. The third-order valence-electron chi connectivity index (χ3n) is 2.84. The summed E-state index contributed by atoms with van der Waals surface area (Å²) in [7, 11) is 1.53. The first-order valence-electron chi connectivity index (χ1n) is 6.00. The lowest BCUT2D eigenvalue weighted by atomic mass is 9.95. The molecule has 0 aromatic heterocycles. The fourth-order valence-corrected chi connectivity index (χ4v) is 1.43. The second-order valence-electron chi connectivity index (χ2n) is 5.06. The Labute approximate surface area is 112 Å². The average Bonchev–Trinajstić information content (AvgIpc) is 2.35. The molecule has 0 saturated carbocycles. The first-order valence-corrected chi connectivity index (χ1v) is 6.00. The second kappa shape index (κ2) is 5.93. The van der Waals surface area contributed by atoms with Gasteiger partial charge in [0.15, 0.2) is 0 Å². The van der Waals surface area contributed by atoms with Crippen molar-refractivity contribution in [3.63, 3.8) is 0 Å². The number of carbonyl (C=O) groups is 1. The summed E-state index contributed by atoms with van der Waals surface area (Å²) in [5, 5.41) is 18.7. The van der Waals surface area contributed by atoms with E-state index in [9.17, 15) is 9.90 Å². The number of carboxylic acids is 1. The molecule has 0 radical (unpaired) electrons. The molecule has 0 unspecified atom stereocenters. The fourth-order valence-electron chi connectivity index (χ4n) is 1.43. The van der Waals surface area contributed by atoms with Crippen molar-refractivity contribution in [2.75, 3.05) is 13.7 Å². The molecule has 5 heteroatoms. The van der Waals surface area contributed by atoms with E-state index in [1.807, 2.05) is 0 Å². The number of aliphatic hydroxyl groups is 1. The number of benzene rings is 1. The van der Waals surface area contributed by atoms with Gasteiger partial charge in [0.25, 0.3) is 0 Å². The fraction of sp³-hybridized carbons (Fsp3) is 0.500. The van der Waals surface area contributed by atoms with Gasteiger partial charge >= 0.3 is 5.97 Å². The molecule has 106 valence electrons. The second-order valence-corrected chi connectivity index (χ2v) is 5.06. The van der Waals surface area contributed by atoms with E-state index in [1.165, 1.54) is 7.11 Å². The molecule has 0 heterocycles. The molecule has 5 nitrogen and oxygen atoms in total. The smallest absolute Gasteiger partial charge is 0.312 e.